The SMILES string of the molecule is CCc1cccc(C)c1Nc1ncc(C(=O)Nc2ccc(C(C)C)cc2)cn1. The number of amides is 1. The molecule has 2 N–H and O–H groups in total. The number of hydrogen-bond acceptors (Lipinski definition) is 4. The number of anilines is 3. The molecule has 2 aromatic carbocycles. The molecule has 5 nitrogen and oxygen atoms in total. The summed E-state index contributed by atoms with van der Waals surface area (Å²) in [7, 11) is 0. The summed E-state index contributed by atoms with van der Waals surface area (Å²) in [5.41, 5.74) is 5.76. The quantitative estimate of drug-likeness (QED) is 0.601. The van der Waals surface area contributed by atoms with Crippen molar-refractivity contribution >= 4 is 23.2 Å². The molecule has 0 aliphatic carbocycles. The van der Waals surface area contributed by atoms with Crippen molar-refractivity contribution in [3.05, 3.63) is 77.1 Å². The minimum atomic E-state index is -0.228. The Labute approximate surface area is 166 Å². The Morgan fingerprint density at radius 3 is 2.32 bits per heavy atom. The third-order valence-electron chi connectivity index (χ3n) is 4.73. The molecule has 0 bridgehead atoms. The molecule has 0 unspecified atom stereocenters. The Morgan fingerprint density at radius 1 is 1.04 bits per heavy atom. The fraction of sp³-hybridized carbons (Fsp3) is 0.261. The van der Waals surface area contributed by atoms with Crippen molar-refractivity contribution in [1.82, 2.24) is 9.97 Å². The lowest BCUT2D eigenvalue weighted by molar-refractivity contribution is 0.102. The minimum absolute atomic E-state index is 0.228. The molecule has 1 amide bonds. The van der Waals surface area contributed by atoms with Gasteiger partial charge in [-0.15, -0.1) is 0 Å². The Bertz CT molecular complexity index is 947. The number of aromatic nitrogens is 2. The van der Waals surface area contributed by atoms with E-state index in [0.29, 0.717) is 17.4 Å². The standard InChI is InChI=1S/C23H26N4O/c1-5-17-8-6-7-16(4)21(17)27-23-24-13-19(14-25-23)22(28)26-20-11-9-18(10-12-20)15(2)3/h6-15H,5H2,1-4H3,(H,26,28)(H,24,25,27). The number of nitrogens with one attached hydrogen (secondary N) is 2. The van der Waals surface area contributed by atoms with Crippen molar-refractivity contribution in [3.63, 3.8) is 0 Å². The van der Waals surface area contributed by atoms with Gasteiger partial charge in [0, 0.05) is 23.8 Å². The van der Waals surface area contributed by atoms with Gasteiger partial charge in [0.15, 0.2) is 0 Å². The van der Waals surface area contributed by atoms with E-state index in [-0.39, 0.29) is 5.91 Å². The van der Waals surface area contributed by atoms with Crippen LogP contribution in [-0.4, -0.2) is 15.9 Å². The molecule has 3 aromatic rings. The van der Waals surface area contributed by atoms with Crippen LogP contribution in [0.4, 0.5) is 17.3 Å². The number of carbonyl (C=O) groups excluding carboxylic acids is 1. The van der Waals surface area contributed by atoms with Crippen LogP contribution in [0.3, 0.4) is 0 Å². The van der Waals surface area contributed by atoms with Crippen molar-refractivity contribution in [1.29, 1.82) is 0 Å². The second kappa shape index (κ2) is 8.65. The number of hydrogen-bond donors (Lipinski definition) is 2. The Kier molecular flexibility index (Phi) is 6.04. The zero-order valence-electron chi connectivity index (χ0n) is 16.8. The van der Waals surface area contributed by atoms with Gasteiger partial charge in [0.25, 0.3) is 5.91 Å². The minimum Gasteiger partial charge on any atom is -0.324 e. The first-order valence-electron chi connectivity index (χ1n) is 9.56. The maximum atomic E-state index is 12.4. The highest BCUT2D eigenvalue weighted by Gasteiger charge is 2.10. The first-order chi connectivity index (χ1) is 13.5. The second-order valence-corrected chi connectivity index (χ2v) is 7.11. The van der Waals surface area contributed by atoms with Gasteiger partial charge in [0.2, 0.25) is 5.95 Å². The normalized spacial score (nSPS) is 10.8. The zero-order valence-corrected chi connectivity index (χ0v) is 16.8. The lowest BCUT2D eigenvalue weighted by Crippen LogP contribution is -2.13. The van der Waals surface area contributed by atoms with Crippen LogP contribution in [0.1, 0.15) is 53.7 Å². The topological polar surface area (TPSA) is 66.9 Å². The van der Waals surface area contributed by atoms with Gasteiger partial charge in [-0.05, 0) is 48.1 Å². The van der Waals surface area contributed by atoms with Crippen molar-refractivity contribution < 1.29 is 4.79 Å². The molecule has 1 aromatic heterocycles. The summed E-state index contributed by atoms with van der Waals surface area (Å²) in [6, 6.07) is 14.1. The van der Waals surface area contributed by atoms with E-state index in [2.05, 4.69) is 47.4 Å². The molecule has 0 spiro atoms. The molecule has 1 heterocycles. The largest absolute Gasteiger partial charge is 0.324 e. The zero-order chi connectivity index (χ0) is 20.1. The fourth-order valence-electron chi connectivity index (χ4n) is 2.98. The van der Waals surface area contributed by atoms with Crippen molar-refractivity contribution in [2.75, 3.05) is 10.6 Å². The number of rotatable bonds is 6. The molecule has 28 heavy (non-hydrogen) atoms. The third-order valence-corrected chi connectivity index (χ3v) is 4.73. The van der Waals surface area contributed by atoms with Gasteiger partial charge in [-0.2, -0.15) is 0 Å². The predicted molar refractivity (Wildman–Crippen MR) is 114 cm³/mol. The molecule has 144 valence electrons. The van der Waals surface area contributed by atoms with Gasteiger partial charge in [0.05, 0.1) is 5.56 Å². The maximum absolute atomic E-state index is 12.4. The summed E-state index contributed by atoms with van der Waals surface area (Å²) in [5.74, 6) is 0.704. The van der Waals surface area contributed by atoms with Crippen LogP contribution in [0.2, 0.25) is 0 Å². The average molecular weight is 374 g/mol. The van der Waals surface area contributed by atoms with Crippen LogP contribution in [0, 0.1) is 6.92 Å². The van der Waals surface area contributed by atoms with Gasteiger partial charge < -0.3 is 10.6 Å². The van der Waals surface area contributed by atoms with Crippen molar-refractivity contribution in [3.8, 4) is 0 Å². The van der Waals surface area contributed by atoms with Gasteiger partial charge >= 0.3 is 0 Å². The summed E-state index contributed by atoms with van der Waals surface area (Å²) in [5, 5.41) is 6.15. The molecule has 0 aliphatic heterocycles. The summed E-state index contributed by atoms with van der Waals surface area (Å²) in [6.45, 7) is 8.44. The highest BCUT2D eigenvalue weighted by atomic mass is 16.1. The monoisotopic (exact) mass is 374 g/mol. The number of nitrogens with zero attached hydrogens (tertiary/aromatic N) is 2. The average Bonchev–Trinajstić information content (AvgIpc) is 2.70. The Hall–Kier alpha value is -3.21. The molecule has 0 aliphatic rings. The van der Waals surface area contributed by atoms with Gasteiger partial charge in [-0.3, -0.25) is 4.79 Å². The molecule has 5 heteroatoms. The van der Waals surface area contributed by atoms with Crippen LogP contribution in [0.25, 0.3) is 0 Å². The van der Waals surface area contributed by atoms with Crippen LogP contribution in [0.15, 0.2) is 54.9 Å². The van der Waals surface area contributed by atoms with E-state index in [1.54, 1.807) is 0 Å². The van der Waals surface area contributed by atoms with Crippen LogP contribution < -0.4 is 10.6 Å². The van der Waals surface area contributed by atoms with E-state index in [0.717, 1.165) is 23.4 Å². The van der Waals surface area contributed by atoms with E-state index in [9.17, 15) is 4.79 Å². The number of para-hydroxylation sites is 1. The molecular weight excluding hydrogens is 348 g/mol. The summed E-state index contributed by atoms with van der Waals surface area (Å²) in [4.78, 5) is 21.1. The van der Waals surface area contributed by atoms with Gasteiger partial charge in [-0.25, -0.2) is 9.97 Å². The smallest absolute Gasteiger partial charge is 0.258 e. The maximum Gasteiger partial charge on any atom is 0.258 e. The molecule has 0 fully saturated rings. The predicted octanol–water partition coefficient (Wildman–Crippen LogP) is 5.47. The Balaban J connectivity index is 1.69. The lowest BCUT2D eigenvalue weighted by atomic mass is 10.0. The summed E-state index contributed by atoms with van der Waals surface area (Å²) >= 11 is 0. The molecule has 3 rings (SSSR count). The molecular formula is C23H26N4O. The van der Waals surface area contributed by atoms with Crippen LogP contribution >= 0.6 is 0 Å². The van der Waals surface area contributed by atoms with Crippen molar-refractivity contribution in [2.45, 2.75) is 40.0 Å². The third kappa shape index (κ3) is 4.55. The van der Waals surface area contributed by atoms with E-state index in [1.807, 2.05) is 43.3 Å². The number of carbonyl (C=O) groups is 1. The first-order valence-corrected chi connectivity index (χ1v) is 9.56. The van der Waals surface area contributed by atoms with Crippen LogP contribution in [-0.2, 0) is 6.42 Å². The van der Waals surface area contributed by atoms with E-state index in [1.165, 1.54) is 23.5 Å². The molecule has 0 atom stereocenters. The fourth-order valence-corrected chi connectivity index (χ4v) is 2.98. The highest BCUT2D eigenvalue weighted by Crippen LogP contribution is 2.24. The molecule has 0 radical (unpaired) electrons. The van der Waals surface area contributed by atoms with Gasteiger partial charge in [-0.1, -0.05) is 51.1 Å². The van der Waals surface area contributed by atoms with E-state index >= 15 is 0 Å². The van der Waals surface area contributed by atoms with E-state index in [4.69, 9.17) is 0 Å². The number of benzene rings is 2. The Morgan fingerprint density at radius 2 is 1.71 bits per heavy atom. The number of aryl methyl sites for hydroxylation is 2. The van der Waals surface area contributed by atoms with Crippen molar-refractivity contribution in [2.24, 2.45) is 0 Å². The summed E-state index contributed by atoms with van der Waals surface area (Å²) < 4.78 is 0. The molecule has 0 saturated carbocycles. The van der Waals surface area contributed by atoms with Crippen LogP contribution in [0.5, 0.6) is 0 Å². The summed E-state index contributed by atoms with van der Waals surface area (Å²) in [6.07, 6.45) is 3.99. The molecule has 0 saturated heterocycles. The van der Waals surface area contributed by atoms with Gasteiger partial charge in [0.1, 0.15) is 0 Å². The van der Waals surface area contributed by atoms with E-state index < -0.39 is 0 Å². The lowest BCUT2D eigenvalue weighted by Gasteiger charge is -2.13. The highest BCUT2D eigenvalue weighted by molar-refractivity contribution is 6.03. The second-order valence-electron chi connectivity index (χ2n) is 7.11. The first kappa shape index (κ1) is 19.5.